The normalized spacial score (nSPS) is 30.2. The smallest absolute Gasteiger partial charge is 0.328 e. The molecule has 2 aliphatic rings. The number of benzene rings is 1. The van der Waals surface area contributed by atoms with Crippen molar-refractivity contribution in [3.63, 3.8) is 0 Å². The predicted molar refractivity (Wildman–Crippen MR) is 117 cm³/mol. The van der Waals surface area contributed by atoms with Crippen LogP contribution in [0.2, 0.25) is 0 Å². The Morgan fingerprint density at radius 3 is 2.84 bits per heavy atom. The van der Waals surface area contributed by atoms with Crippen LogP contribution in [0.25, 0.3) is 28.2 Å². The molecule has 2 aliphatic heterocycles. The molecule has 0 bridgehead atoms. The van der Waals surface area contributed by atoms with Gasteiger partial charge in [0.2, 0.25) is 5.78 Å². The predicted octanol–water partition coefficient (Wildman–Crippen LogP) is 2.30. The summed E-state index contributed by atoms with van der Waals surface area (Å²) in [5.74, 6) is 0.317. The summed E-state index contributed by atoms with van der Waals surface area (Å²) >= 11 is 3.35. The van der Waals surface area contributed by atoms with E-state index in [9.17, 15) is 14.5 Å². The van der Waals surface area contributed by atoms with Crippen LogP contribution >= 0.6 is 23.5 Å². The second kappa shape index (κ2) is 7.08. The summed E-state index contributed by atoms with van der Waals surface area (Å²) in [6, 6.07) is 9.55. The minimum atomic E-state index is -3.27. The van der Waals surface area contributed by atoms with E-state index in [-0.39, 0.29) is 28.1 Å². The zero-order valence-corrected chi connectivity index (χ0v) is 19.1. The number of hydrogen-bond donors (Lipinski definition) is 2. The summed E-state index contributed by atoms with van der Waals surface area (Å²) in [7, 11) is -3.27. The number of hydrogen-bond acceptors (Lipinski definition) is 8. The number of nitrogens with one attached hydrogen (secondary N) is 1. The van der Waals surface area contributed by atoms with E-state index in [2.05, 4.69) is 30.9 Å². The summed E-state index contributed by atoms with van der Waals surface area (Å²) in [6.45, 7) is 1.37. The highest BCUT2D eigenvalue weighted by Gasteiger charge is 2.52. The summed E-state index contributed by atoms with van der Waals surface area (Å²) in [6.07, 6.45) is -1.93. The Kier molecular flexibility index (Phi) is 4.49. The van der Waals surface area contributed by atoms with E-state index in [0.717, 1.165) is 11.3 Å². The van der Waals surface area contributed by atoms with Gasteiger partial charge < -0.3 is 19.4 Å². The van der Waals surface area contributed by atoms with Crippen molar-refractivity contribution in [2.75, 3.05) is 13.3 Å². The Balaban J connectivity index is 1.48. The van der Waals surface area contributed by atoms with Gasteiger partial charge in [-0.1, -0.05) is 30.3 Å². The molecule has 13 heteroatoms. The van der Waals surface area contributed by atoms with Crippen molar-refractivity contribution in [1.29, 1.82) is 0 Å². The summed E-state index contributed by atoms with van der Waals surface area (Å²) in [5, 5.41) is 10.9. The van der Waals surface area contributed by atoms with Crippen molar-refractivity contribution in [3.05, 3.63) is 51.6 Å². The number of fused-ring (bicyclic) bond motifs is 3. The highest BCUT2D eigenvalue weighted by molar-refractivity contribution is 9.10. The van der Waals surface area contributed by atoms with Gasteiger partial charge in [-0.3, -0.25) is 18.5 Å². The number of aromatic amines is 1. The van der Waals surface area contributed by atoms with Crippen LogP contribution in [0.3, 0.4) is 0 Å². The number of rotatable bonds is 2. The molecule has 1 aromatic carbocycles. The van der Waals surface area contributed by atoms with E-state index in [4.69, 9.17) is 13.8 Å². The maximum atomic E-state index is 13.2. The van der Waals surface area contributed by atoms with Crippen LogP contribution in [0.5, 0.6) is 0 Å². The van der Waals surface area contributed by atoms with Crippen LogP contribution in [0.15, 0.2) is 46.1 Å². The number of aliphatic hydroxyl groups is 1. The molecule has 5 heterocycles. The van der Waals surface area contributed by atoms with E-state index < -0.39 is 32.1 Å². The molecule has 2 saturated heterocycles. The summed E-state index contributed by atoms with van der Waals surface area (Å²) < 4.78 is 32.0. The zero-order chi connectivity index (χ0) is 22.2. The number of ether oxygens (including phenoxy) is 1. The van der Waals surface area contributed by atoms with Gasteiger partial charge in [-0.05, 0) is 21.5 Å². The summed E-state index contributed by atoms with van der Waals surface area (Å²) in [4.78, 5) is 25.2. The Hall–Kier alpha value is -2.34. The maximum Gasteiger partial charge on any atom is 0.328 e. The summed E-state index contributed by atoms with van der Waals surface area (Å²) in [5.41, 5.74) is 1.59. The van der Waals surface area contributed by atoms with E-state index in [1.54, 1.807) is 6.20 Å². The van der Waals surface area contributed by atoms with Crippen molar-refractivity contribution >= 4 is 40.5 Å². The van der Waals surface area contributed by atoms with Crippen LogP contribution in [-0.4, -0.2) is 60.6 Å². The van der Waals surface area contributed by atoms with Gasteiger partial charge in [0.25, 0.3) is 5.56 Å². The molecule has 5 atom stereocenters. The number of aromatic nitrogens is 5. The molecule has 11 nitrogen and oxygen atoms in total. The molecule has 166 valence electrons. The second-order valence-corrected chi connectivity index (χ2v) is 10.5. The third-order valence-electron chi connectivity index (χ3n) is 5.64. The van der Waals surface area contributed by atoms with E-state index in [1.807, 2.05) is 30.3 Å². The largest absolute Gasteiger partial charge is 0.386 e. The third-order valence-corrected chi connectivity index (χ3v) is 7.45. The molecule has 0 spiro atoms. The Bertz CT molecular complexity index is 1470. The second-order valence-electron chi connectivity index (χ2n) is 7.76. The molecule has 6 rings (SSSR count). The molecule has 0 amide bonds. The molecule has 2 N–H and O–H groups in total. The topological polar surface area (TPSA) is 133 Å². The fraction of sp³-hybridized carbons (Fsp3) is 0.316. The van der Waals surface area contributed by atoms with Crippen LogP contribution in [0.4, 0.5) is 0 Å². The standard InChI is InChI=1S/C19H17BrN5O6P/c1-32(28)29-8-11-14(31-32)13(26)17(30-11)25-15-12(22-18(25)20)16(27)24-7-10(21-19(24)23-15)9-5-3-2-4-6-9/h2-7,11,13-14,17,26H,8H2,1H3,(H,21,23)/t11-,13?,14?,17-,32?/m1/s1. The molecule has 32 heavy (non-hydrogen) atoms. The van der Waals surface area contributed by atoms with Crippen molar-refractivity contribution in [2.24, 2.45) is 0 Å². The van der Waals surface area contributed by atoms with Crippen molar-refractivity contribution < 1.29 is 23.5 Å². The molecule has 0 aliphatic carbocycles. The highest BCUT2D eigenvalue weighted by Crippen LogP contribution is 2.53. The van der Waals surface area contributed by atoms with Crippen LogP contribution in [0.1, 0.15) is 6.23 Å². The average molecular weight is 522 g/mol. The first kappa shape index (κ1) is 20.3. The van der Waals surface area contributed by atoms with Gasteiger partial charge in [0.05, 0.1) is 12.3 Å². The quantitative estimate of drug-likeness (QED) is 0.303. The van der Waals surface area contributed by atoms with Crippen LogP contribution in [0, 0.1) is 0 Å². The molecular formula is C19H17BrN5O6P. The van der Waals surface area contributed by atoms with Gasteiger partial charge in [0, 0.05) is 12.9 Å². The molecule has 3 unspecified atom stereocenters. The Morgan fingerprint density at radius 2 is 2.06 bits per heavy atom. The number of halogens is 1. The first-order valence-corrected chi connectivity index (χ1v) is 12.6. The molecular weight excluding hydrogens is 505 g/mol. The van der Waals surface area contributed by atoms with Crippen LogP contribution in [-0.2, 0) is 18.3 Å². The zero-order valence-electron chi connectivity index (χ0n) is 16.6. The molecule has 4 aromatic rings. The van der Waals surface area contributed by atoms with Gasteiger partial charge in [0.15, 0.2) is 22.1 Å². The number of nitrogens with zero attached hydrogens (tertiary/aromatic N) is 4. The maximum absolute atomic E-state index is 13.2. The average Bonchev–Trinajstić information content (AvgIpc) is 3.43. The first-order valence-electron chi connectivity index (χ1n) is 9.80. The third kappa shape index (κ3) is 3.02. The van der Waals surface area contributed by atoms with Crippen molar-refractivity contribution in [1.82, 2.24) is 23.9 Å². The van der Waals surface area contributed by atoms with Crippen molar-refractivity contribution in [2.45, 2.75) is 24.5 Å². The lowest BCUT2D eigenvalue weighted by atomic mass is 10.1. The molecule has 0 saturated carbocycles. The van der Waals surface area contributed by atoms with Gasteiger partial charge in [-0.25, -0.2) is 9.38 Å². The fourth-order valence-electron chi connectivity index (χ4n) is 4.15. The molecule has 0 radical (unpaired) electrons. The number of H-pyrrole nitrogens is 1. The highest BCUT2D eigenvalue weighted by atomic mass is 79.9. The Morgan fingerprint density at radius 1 is 1.28 bits per heavy atom. The van der Waals surface area contributed by atoms with E-state index >= 15 is 0 Å². The van der Waals surface area contributed by atoms with E-state index in [1.165, 1.54) is 15.6 Å². The SMILES string of the molecule is CP1(=O)OC[C@H]2O[C@@H](n3c(Br)nc4c(=O)n5cc(-c6ccccc6)[nH]c5nc43)C(O)C2O1. The lowest BCUT2D eigenvalue weighted by molar-refractivity contribution is -0.0585. The lowest BCUT2D eigenvalue weighted by Gasteiger charge is -2.29. The Labute approximate surface area is 188 Å². The fourth-order valence-corrected chi connectivity index (χ4v) is 5.88. The molecule has 2 fully saturated rings. The van der Waals surface area contributed by atoms with Crippen molar-refractivity contribution in [3.8, 4) is 11.3 Å². The minimum Gasteiger partial charge on any atom is -0.386 e. The monoisotopic (exact) mass is 521 g/mol. The lowest BCUT2D eigenvalue weighted by Crippen LogP contribution is -2.39. The number of imidazole rings is 2. The van der Waals surface area contributed by atoms with Crippen LogP contribution < -0.4 is 5.56 Å². The van der Waals surface area contributed by atoms with Gasteiger partial charge >= 0.3 is 7.60 Å². The van der Waals surface area contributed by atoms with E-state index in [0.29, 0.717) is 5.78 Å². The number of aliphatic hydroxyl groups excluding tert-OH is 1. The van der Waals surface area contributed by atoms with Gasteiger partial charge in [0.1, 0.15) is 18.3 Å². The van der Waals surface area contributed by atoms with Gasteiger partial charge in [-0.2, -0.15) is 4.98 Å². The van der Waals surface area contributed by atoms with Gasteiger partial charge in [-0.15, -0.1) is 0 Å². The minimum absolute atomic E-state index is 0.0215. The molecule has 3 aromatic heterocycles. The first-order chi connectivity index (χ1) is 15.3.